The highest BCUT2D eigenvalue weighted by Crippen LogP contribution is 2.19. The number of ether oxygens (including phenoxy) is 1. The number of hydrogen-bond donors (Lipinski definition) is 1. The Kier molecular flexibility index (Phi) is 4.50. The predicted molar refractivity (Wildman–Crippen MR) is 87.7 cm³/mol. The van der Waals surface area contributed by atoms with Gasteiger partial charge in [-0.25, -0.2) is 14.6 Å². The molecule has 0 aromatic carbocycles. The number of thiazole rings is 1. The lowest BCUT2D eigenvalue weighted by Crippen LogP contribution is -2.43. The summed E-state index contributed by atoms with van der Waals surface area (Å²) >= 11 is 7.09. The summed E-state index contributed by atoms with van der Waals surface area (Å²) in [7, 11) is 0. The molecule has 0 aliphatic carbocycles. The summed E-state index contributed by atoms with van der Waals surface area (Å²) in [5.41, 5.74) is -0.617. The van der Waals surface area contributed by atoms with Crippen LogP contribution in [0.4, 0.5) is 0 Å². The summed E-state index contributed by atoms with van der Waals surface area (Å²) < 4.78 is 7.99. The van der Waals surface area contributed by atoms with Crippen LogP contribution in [-0.2, 0) is 11.3 Å². The number of halogens is 1. The lowest BCUT2D eigenvalue weighted by atomic mass is 10.3. The highest BCUT2D eigenvalue weighted by atomic mass is 35.5. The number of hydrogen-bond acceptors (Lipinski definition) is 6. The fraction of sp³-hybridized carbons (Fsp3) is 0.200. The second-order valence-electron chi connectivity index (χ2n) is 4.82. The number of aromatic hydroxyl groups is 1. The second kappa shape index (κ2) is 6.58. The highest BCUT2D eigenvalue weighted by molar-refractivity contribution is 7.15. The first-order valence-corrected chi connectivity index (χ1v) is 8.26. The first-order chi connectivity index (χ1) is 11.5. The quantitative estimate of drug-likeness (QED) is 0.560. The minimum Gasteiger partial charge on any atom is -0.477 e. The molecule has 0 bridgehead atoms. The molecule has 0 spiro atoms. The largest absolute Gasteiger partial charge is 0.477 e. The number of pyridine rings is 1. The molecule has 7 nitrogen and oxygen atoms in total. The monoisotopic (exact) mass is 366 g/mol. The van der Waals surface area contributed by atoms with Crippen molar-refractivity contribution in [2.45, 2.75) is 13.5 Å². The fourth-order valence-electron chi connectivity index (χ4n) is 2.34. The number of aromatic nitrogens is 3. The molecule has 1 N–H and O–H groups in total. The van der Waals surface area contributed by atoms with E-state index in [9.17, 15) is 14.7 Å². The molecule has 24 heavy (non-hydrogen) atoms. The van der Waals surface area contributed by atoms with E-state index in [1.165, 1.54) is 26.5 Å². The molecule has 0 aliphatic rings. The molecular formula is C15H13ClN3O4S+. The predicted octanol–water partition coefficient (Wildman–Crippen LogP) is 1.63. The van der Waals surface area contributed by atoms with E-state index < -0.39 is 23.0 Å². The van der Waals surface area contributed by atoms with Crippen LogP contribution in [-0.4, -0.2) is 27.1 Å². The van der Waals surface area contributed by atoms with Crippen LogP contribution in [0.3, 0.4) is 0 Å². The number of esters is 1. The molecule has 0 unspecified atom stereocenters. The molecule has 9 heteroatoms. The third kappa shape index (κ3) is 2.85. The van der Waals surface area contributed by atoms with E-state index in [0.717, 1.165) is 4.88 Å². The SMILES string of the molecule is CCOC(=O)c1c(O)[n+](Cc2cnc(Cl)s2)c2ccccn2c1=O. The van der Waals surface area contributed by atoms with Crippen molar-refractivity contribution in [1.29, 1.82) is 0 Å². The van der Waals surface area contributed by atoms with E-state index in [1.54, 1.807) is 31.3 Å². The van der Waals surface area contributed by atoms with Crippen LogP contribution in [0.15, 0.2) is 35.4 Å². The van der Waals surface area contributed by atoms with Gasteiger partial charge in [-0.05, 0) is 13.0 Å². The molecule has 0 amide bonds. The first-order valence-electron chi connectivity index (χ1n) is 7.06. The Labute approximate surface area is 145 Å². The Morgan fingerprint density at radius 1 is 1.50 bits per heavy atom. The van der Waals surface area contributed by atoms with Gasteiger partial charge in [0.2, 0.25) is 5.56 Å². The lowest BCUT2D eigenvalue weighted by molar-refractivity contribution is -0.671. The van der Waals surface area contributed by atoms with Gasteiger partial charge in [0.1, 0.15) is 6.54 Å². The zero-order valence-corrected chi connectivity index (χ0v) is 14.2. The van der Waals surface area contributed by atoms with Crippen molar-refractivity contribution in [3.05, 3.63) is 55.9 Å². The van der Waals surface area contributed by atoms with Gasteiger partial charge in [0, 0.05) is 12.3 Å². The highest BCUT2D eigenvalue weighted by Gasteiger charge is 2.30. The molecule has 0 saturated carbocycles. The van der Waals surface area contributed by atoms with Crippen molar-refractivity contribution >= 4 is 34.6 Å². The van der Waals surface area contributed by atoms with Gasteiger partial charge in [-0.15, -0.1) is 11.3 Å². The standard InChI is InChI=1S/C15H12ClN3O4S/c1-2-23-14(22)11-12(20)18-6-4-3-5-10(18)19(13(11)21)8-9-7-17-15(16)24-9/h3-7H,2,8H2,1H3/p+1. The topological polar surface area (TPSA) is 84.8 Å². The van der Waals surface area contributed by atoms with Crippen LogP contribution < -0.4 is 10.1 Å². The molecule has 3 rings (SSSR count). The van der Waals surface area contributed by atoms with Gasteiger partial charge in [-0.3, -0.25) is 0 Å². The fourth-order valence-corrected chi connectivity index (χ4v) is 3.30. The zero-order chi connectivity index (χ0) is 17.3. The van der Waals surface area contributed by atoms with Crippen molar-refractivity contribution < 1.29 is 19.2 Å². The van der Waals surface area contributed by atoms with Gasteiger partial charge in [0.05, 0.1) is 17.7 Å². The Bertz CT molecular complexity index is 982. The van der Waals surface area contributed by atoms with Crippen molar-refractivity contribution in [3.8, 4) is 5.88 Å². The van der Waals surface area contributed by atoms with Crippen molar-refractivity contribution in [2.75, 3.05) is 6.61 Å². The van der Waals surface area contributed by atoms with Crippen LogP contribution in [0.1, 0.15) is 22.2 Å². The van der Waals surface area contributed by atoms with E-state index >= 15 is 0 Å². The van der Waals surface area contributed by atoms with E-state index in [1.807, 2.05) is 0 Å². The van der Waals surface area contributed by atoms with Crippen molar-refractivity contribution in [1.82, 2.24) is 9.38 Å². The van der Waals surface area contributed by atoms with Crippen LogP contribution >= 0.6 is 22.9 Å². The Balaban J connectivity index is 2.26. The van der Waals surface area contributed by atoms with E-state index in [0.29, 0.717) is 10.1 Å². The summed E-state index contributed by atoms with van der Waals surface area (Å²) in [6.45, 7) is 1.93. The third-order valence-electron chi connectivity index (χ3n) is 3.35. The van der Waals surface area contributed by atoms with Gasteiger partial charge < -0.3 is 9.84 Å². The maximum Gasteiger partial charge on any atom is 0.361 e. The van der Waals surface area contributed by atoms with E-state index in [4.69, 9.17) is 16.3 Å². The summed E-state index contributed by atoms with van der Waals surface area (Å²) in [4.78, 5) is 29.4. The normalized spacial score (nSPS) is 10.9. The number of nitrogens with zero attached hydrogens (tertiary/aromatic N) is 3. The average Bonchev–Trinajstić information content (AvgIpc) is 2.97. The second-order valence-corrected chi connectivity index (χ2v) is 6.52. The number of rotatable bonds is 4. The maximum absolute atomic E-state index is 12.5. The minimum atomic E-state index is -0.866. The van der Waals surface area contributed by atoms with Gasteiger partial charge in [-0.1, -0.05) is 17.7 Å². The first kappa shape index (κ1) is 16.4. The zero-order valence-electron chi connectivity index (χ0n) is 12.6. The Hall–Kier alpha value is -2.45. The van der Waals surface area contributed by atoms with Crippen molar-refractivity contribution in [2.24, 2.45) is 0 Å². The summed E-state index contributed by atoms with van der Waals surface area (Å²) in [6.07, 6.45) is 3.10. The van der Waals surface area contributed by atoms with Crippen LogP contribution in [0.25, 0.3) is 5.65 Å². The van der Waals surface area contributed by atoms with E-state index in [2.05, 4.69) is 4.98 Å². The summed E-state index contributed by atoms with van der Waals surface area (Å²) in [6, 6.07) is 5.06. The molecule has 3 aromatic heterocycles. The van der Waals surface area contributed by atoms with Crippen molar-refractivity contribution in [3.63, 3.8) is 0 Å². The molecule has 124 valence electrons. The smallest absolute Gasteiger partial charge is 0.361 e. The van der Waals surface area contributed by atoms with Gasteiger partial charge in [0.15, 0.2) is 4.47 Å². The molecule has 0 aliphatic heterocycles. The summed E-state index contributed by atoms with van der Waals surface area (Å²) in [5.74, 6) is -1.32. The van der Waals surface area contributed by atoms with Crippen LogP contribution in [0, 0.1) is 0 Å². The molecule has 3 heterocycles. The maximum atomic E-state index is 12.5. The van der Waals surface area contributed by atoms with E-state index in [-0.39, 0.29) is 13.2 Å². The van der Waals surface area contributed by atoms with Gasteiger partial charge >= 0.3 is 17.4 Å². The van der Waals surface area contributed by atoms with Crippen LogP contribution in [0.5, 0.6) is 5.88 Å². The van der Waals surface area contributed by atoms with Gasteiger partial charge in [-0.2, -0.15) is 8.97 Å². The molecule has 3 aromatic rings. The van der Waals surface area contributed by atoms with Gasteiger partial charge in [0.25, 0.3) is 5.65 Å². The summed E-state index contributed by atoms with van der Waals surface area (Å²) in [5, 5.41) is 10.5. The lowest BCUT2D eigenvalue weighted by Gasteiger charge is -2.08. The molecule has 0 radical (unpaired) electrons. The minimum absolute atomic E-state index is 0.0969. The van der Waals surface area contributed by atoms with Crippen LogP contribution in [0.2, 0.25) is 4.47 Å². The molecule has 0 saturated heterocycles. The molecular weight excluding hydrogens is 354 g/mol. The Morgan fingerprint density at radius 3 is 2.96 bits per heavy atom. The molecule has 0 fully saturated rings. The number of carbonyl (C=O) groups excluding carboxylic acids is 1. The molecule has 0 atom stereocenters. The average molecular weight is 367 g/mol. The third-order valence-corrected chi connectivity index (χ3v) is 4.45. The number of fused-ring (bicyclic) bond motifs is 1. The number of carbonyl (C=O) groups is 1. The Morgan fingerprint density at radius 2 is 2.29 bits per heavy atom.